The molecule has 0 spiro atoms. The van der Waals surface area contributed by atoms with E-state index in [-0.39, 0.29) is 0 Å². The third kappa shape index (κ3) is 2.79. The number of aryl methyl sites for hydroxylation is 1. The van der Waals surface area contributed by atoms with Crippen LogP contribution >= 0.6 is 11.3 Å². The Bertz CT molecular complexity index is 659. The molecule has 0 unspecified atom stereocenters. The van der Waals surface area contributed by atoms with Crippen LogP contribution in [-0.2, 0) is 6.54 Å². The van der Waals surface area contributed by atoms with Gasteiger partial charge in [-0.25, -0.2) is 9.67 Å². The molecule has 3 aromatic rings. The largest absolute Gasteiger partial charge is 0.349 e. The standard InChI is InChI=1S/C13H13N5S/c1-10-5-7-18(17-10)12-4-6-14-13(16-12)15-9-11-3-2-8-19-11/h2-8H,9H2,1H3,(H,14,15,16). The van der Waals surface area contributed by atoms with Crippen LogP contribution in [0.2, 0.25) is 0 Å². The van der Waals surface area contributed by atoms with Gasteiger partial charge in [0.25, 0.3) is 0 Å². The molecule has 0 amide bonds. The minimum atomic E-state index is 0.610. The van der Waals surface area contributed by atoms with Gasteiger partial charge in [-0.05, 0) is 24.4 Å². The molecule has 19 heavy (non-hydrogen) atoms. The van der Waals surface area contributed by atoms with Gasteiger partial charge in [-0.3, -0.25) is 0 Å². The first-order chi connectivity index (χ1) is 9.31. The lowest BCUT2D eigenvalue weighted by atomic mass is 10.5. The van der Waals surface area contributed by atoms with Crippen LogP contribution in [0.15, 0.2) is 42.0 Å². The summed E-state index contributed by atoms with van der Waals surface area (Å²) in [6, 6.07) is 7.90. The van der Waals surface area contributed by atoms with Crippen molar-refractivity contribution in [3.05, 3.63) is 52.6 Å². The van der Waals surface area contributed by atoms with Crippen molar-refractivity contribution in [2.45, 2.75) is 13.5 Å². The second-order valence-electron chi connectivity index (χ2n) is 4.07. The second kappa shape index (κ2) is 5.19. The molecular weight excluding hydrogens is 258 g/mol. The van der Waals surface area contributed by atoms with Crippen molar-refractivity contribution in [1.82, 2.24) is 19.7 Å². The average Bonchev–Trinajstić information content (AvgIpc) is 3.08. The number of anilines is 1. The van der Waals surface area contributed by atoms with Crippen LogP contribution < -0.4 is 5.32 Å². The van der Waals surface area contributed by atoms with Crippen LogP contribution in [0.25, 0.3) is 5.82 Å². The zero-order chi connectivity index (χ0) is 13.1. The zero-order valence-electron chi connectivity index (χ0n) is 10.4. The van der Waals surface area contributed by atoms with E-state index >= 15 is 0 Å². The third-order valence-electron chi connectivity index (χ3n) is 2.60. The smallest absolute Gasteiger partial charge is 0.224 e. The summed E-state index contributed by atoms with van der Waals surface area (Å²) < 4.78 is 1.74. The third-order valence-corrected chi connectivity index (χ3v) is 3.48. The monoisotopic (exact) mass is 271 g/mol. The number of aromatic nitrogens is 4. The van der Waals surface area contributed by atoms with Gasteiger partial charge in [0.1, 0.15) is 0 Å². The van der Waals surface area contributed by atoms with Crippen LogP contribution in [0, 0.1) is 6.92 Å². The molecule has 0 aliphatic rings. The molecule has 3 heterocycles. The Balaban J connectivity index is 1.76. The van der Waals surface area contributed by atoms with E-state index in [9.17, 15) is 0 Å². The molecule has 0 saturated carbocycles. The van der Waals surface area contributed by atoms with Crippen molar-refractivity contribution in [2.75, 3.05) is 5.32 Å². The Morgan fingerprint density at radius 3 is 3.00 bits per heavy atom. The molecular formula is C13H13N5S. The summed E-state index contributed by atoms with van der Waals surface area (Å²) in [6.07, 6.45) is 3.62. The Morgan fingerprint density at radius 2 is 2.26 bits per heavy atom. The highest BCUT2D eigenvalue weighted by Gasteiger charge is 2.03. The maximum atomic E-state index is 4.44. The molecule has 5 nitrogen and oxygen atoms in total. The van der Waals surface area contributed by atoms with Crippen LogP contribution in [0.4, 0.5) is 5.95 Å². The number of hydrogen-bond donors (Lipinski definition) is 1. The topological polar surface area (TPSA) is 55.6 Å². The number of rotatable bonds is 4. The van der Waals surface area contributed by atoms with Gasteiger partial charge in [0.05, 0.1) is 12.2 Å². The van der Waals surface area contributed by atoms with E-state index in [2.05, 4.69) is 31.8 Å². The Morgan fingerprint density at radius 1 is 1.32 bits per heavy atom. The van der Waals surface area contributed by atoms with Gasteiger partial charge in [-0.1, -0.05) is 6.07 Å². The van der Waals surface area contributed by atoms with Gasteiger partial charge in [0, 0.05) is 23.3 Å². The zero-order valence-corrected chi connectivity index (χ0v) is 11.3. The maximum absolute atomic E-state index is 4.44. The fourth-order valence-corrected chi connectivity index (χ4v) is 2.33. The molecule has 0 aliphatic carbocycles. The predicted octanol–water partition coefficient (Wildman–Crippen LogP) is 2.64. The summed E-state index contributed by atoms with van der Waals surface area (Å²) in [5, 5.41) is 9.60. The van der Waals surface area contributed by atoms with Crippen molar-refractivity contribution in [3.63, 3.8) is 0 Å². The fraction of sp³-hybridized carbons (Fsp3) is 0.154. The molecule has 3 rings (SSSR count). The van der Waals surface area contributed by atoms with E-state index in [1.54, 1.807) is 22.2 Å². The number of nitrogens with zero attached hydrogens (tertiary/aromatic N) is 4. The van der Waals surface area contributed by atoms with E-state index in [1.165, 1.54) is 4.88 Å². The number of hydrogen-bond acceptors (Lipinski definition) is 5. The van der Waals surface area contributed by atoms with Gasteiger partial charge in [0.2, 0.25) is 5.95 Å². The van der Waals surface area contributed by atoms with Crippen LogP contribution in [0.3, 0.4) is 0 Å². The molecule has 1 N–H and O–H groups in total. The van der Waals surface area contributed by atoms with Gasteiger partial charge in [0.15, 0.2) is 5.82 Å². The van der Waals surface area contributed by atoms with Crippen molar-refractivity contribution in [1.29, 1.82) is 0 Å². The SMILES string of the molecule is Cc1ccn(-c2ccnc(NCc3cccs3)n2)n1. The van der Waals surface area contributed by atoms with Crippen molar-refractivity contribution in [2.24, 2.45) is 0 Å². The molecule has 0 bridgehead atoms. The summed E-state index contributed by atoms with van der Waals surface area (Å²) in [5.41, 5.74) is 0.965. The predicted molar refractivity (Wildman–Crippen MR) is 75.5 cm³/mol. The van der Waals surface area contributed by atoms with E-state index in [0.717, 1.165) is 18.1 Å². The molecule has 6 heteroatoms. The van der Waals surface area contributed by atoms with Gasteiger partial charge in [-0.2, -0.15) is 10.1 Å². The lowest BCUT2D eigenvalue weighted by Gasteiger charge is -2.05. The highest BCUT2D eigenvalue weighted by molar-refractivity contribution is 7.09. The Labute approximate surface area is 115 Å². The lowest BCUT2D eigenvalue weighted by molar-refractivity contribution is 0.825. The van der Waals surface area contributed by atoms with E-state index in [1.807, 2.05) is 31.3 Å². The first-order valence-electron chi connectivity index (χ1n) is 5.93. The quantitative estimate of drug-likeness (QED) is 0.792. The Hall–Kier alpha value is -2.21. The van der Waals surface area contributed by atoms with Gasteiger partial charge >= 0.3 is 0 Å². The summed E-state index contributed by atoms with van der Waals surface area (Å²) in [6.45, 7) is 2.69. The summed E-state index contributed by atoms with van der Waals surface area (Å²) >= 11 is 1.71. The number of nitrogens with one attached hydrogen (secondary N) is 1. The van der Waals surface area contributed by atoms with Crippen molar-refractivity contribution in [3.8, 4) is 5.82 Å². The van der Waals surface area contributed by atoms with Gasteiger partial charge in [-0.15, -0.1) is 11.3 Å². The molecule has 0 aliphatic heterocycles. The van der Waals surface area contributed by atoms with Crippen LogP contribution in [0.1, 0.15) is 10.6 Å². The normalized spacial score (nSPS) is 10.6. The van der Waals surface area contributed by atoms with E-state index in [0.29, 0.717) is 5.95 Å². The van der Waals surface area contributed by atoms with Crippen molar-refractivity contribution >= 4 is 17.3 Å². The molecule has 0 atom stereocenters. The van der Waals surface area contributed by atoms with Crippen LogP contribution in [-0.4, -0.2) is 19.7 Å². The minimum Gasteiger partial charge on any atom is -0.349 e. The molecule has 0 fully saturated rings. The van der Waals surface area contributed by atoms with E-state index < -0.39 is 0 Å². The number of thiophene rings is 1. The molecule has 3 aromatic heterocycles. The average molecular weight is 271 g/mol. The lowest BCUT2D eigenvalue weighted by Crippen LogP contribution is -2.05. The first-order valence-corrected chi connectivity index (χ1v) is 6.81. The second-order valence-corrected chi connectivity index (χ2v) is 5.11. The van der Waals surface area contributed by atoms with Crippen molar-refractivity contribution < 1.29 is 0 Å². The van der Waals surface area contributed by atoms with E-state index in [4.69, 9.17) is 0 Å². The highest BCUT2D eigenvalue weighted by Crippen LogP contribution is 2.11. The maximum Gasteiger partial charge on any atom is 0.224 e. The van der Waals surface area contributed by atoms with Gasteiger partial charge < -0.3 is 5.32 Å². The first kappa shape index (κ1) is 11.9. The molecule has 96 valence electrons. The fourth-order valence-electron chi connectivity index (χ4n) is 1.68. The molecule has 0 radical (unpaired) electrons. The summed E-state index contributed by atoms with van der Waals surface area (Å²) in [4.78, 5) is 9.90. The minimum absolute atomic E-state index is 0.610. The molecule has 0 saturated heterocycles. The highest BCUT2D eigenvalue weighted by atomic mass is 32.1. The summed E-state index contributed by atoms with van der Waals surface area (Å²) in [7, 11) is 0. The molecule has 0 aromatic carbocycles. The van der Waals surface area contributed by atoms with Crippen LogP contribution in [0.5, 0.6) is 0 Å². The summed E-state index contributed by atoms with van der Waals surface area (Å²) in [5.74, 6) is 1.37. The Kier molecular flexibility index (Phi) is 3.24.